The zero-order chi connectivity index (χ0) is 16.9. The summed E-state index contributed by atoms with van der Waals surface area (Å²) < 4.78 is 0. The zero-order valence-electron chi connectivity index (χ0n) is 12.5. The zero-order valence-corrected chi connectivity index (χ0v) is 13.3. The number of nitrogens with zero attached hydrogens (tertiary/aromatic N) is 2. The van der Waals surface area contributed by atoms with E-state index in [1.54, 1.807) is 17.6 Å². The second-order valence-electron chi connectivity index (χ2n) is 5.04. The normalized spacial score (nSPS) is 10.3. The van der Waals surface area contributed by atoms with Crippen molar-refractivity contribution < 1.29 is 9.72 Å². The number of hydrogen-bond acceptors (Lipinski definition) is 5. The Morgan fingerprint density at radius 3 is 2.50 bits per heavy atom. The van der Waals surface area contributed by atoms with Crippen LogP contribution in [0.25, 0.3) is 11.3 Å². The molecule has 24 heavy (non-hydrogen) atoms. The van der Waals surface area contributed by atoms with Crippen LogP contribution in [0.3, 0.4) is 0 Å². The van der Waals surface area contributed by atoms with E-state index in [1.807, 2.05) is 30.3 Å². The summed E-state index contributed by atoms with van der Waals surface area (Å²) in [6.45, 7) is 0. The molecule has 3 rings (SSSR count). The Kier molecular flexibility index (Phi) is 4.62. The summed E-state index contributed by atoms with van der Waals surface area (Å²) in [5.74, 6) is -0.190. The van der Waals surface area contributed by atoms with E-state index in [4.69, 9.17) is 0 Å². The van der Waals surface area contributed by atoms with Crippen LogP contribution in [0.4, 0.5) is 10.7 Å². The van der Waals surface area contributed by atoms with Gasteiger partial charge in [-0.2, -0.15) is 0 Å². The van der Waals surface area contributed by atoms with Crippen LogP contribution in [0.5, 0.6) is 0 Å². The number of amides is 1. The average Bonchev–Trinajstić information content (AvgIpc) is 3.04. The number of nitro groups is 1. The molecule has 0 aliphatic carbocycles. The van der Waals surface area contributed by atoms with E-state index in [0.29, 0.717) is 10.6 Å². The molecular weight excluding hydrogens is 326 g/mol. The van der Waals surface area contributed by atoms with Crippen molar-refractivity contribution in [2.45, 2.75) is 6.42 Å². The van der Waals surface area contributed by atoms with Crippen LogP contribution in [-0.2, 0) is 11.2 Å². The minimum absolute atomic E-state index is 0.00739. The first-order valence-corrected chi connectivity index (χ1v) is 8.03. The lowest BCUT2D eigenvalue weighted by Gasteiger charge is -2.05. The quantitative estimate of drug-likeness (QED) is 0.564. The number of thiazole rings is 1. The van der Waals surface area contributed by atoms with Crippen molar-refractivity contribution in [2.75, 3.05) is 5.32 Å². The molecule has 0 unspecified atom stereocenters. The van der Waals surface area contributed by atoms with Gasteiger partial charge in [-0.3, -0.25) is 14.9 Å². The van der Waals surface area contributed by atoms with Gasteiger partial charge in [-0.1, -0.05) is 42.5 Å². The minimum atomic E-state index is -0.465. The SMILES string of the molecule is O=C(Cc1ccc([N+](=O)[O-])cc1)Nc1scnc1-c1ccccc1. The number of benzene rings is 2. The van der Waals surface area contributed by atoms with E-state index >= 15 is 0 Å². The summed E-state index contributed by atoms with van der Waals surface area (Å²) in [7, 11) is 0. The summed E-state index contributed by atoms with van der Waals surface area (Å²) in [4.78, 5) is 26.7. The molecule has 3 aromatic rings. The van der Waals surface area contributed by atoms with Crippen LogP contribution in [0.1, 0.15) is 5.56 Å². The van der Waals surface area contributed by atoms with Crippen LogP contribution < -0.4 is 5.32 Å². The average molecular weight is 339 g/mol. The summed E-state index contributed by atoms with van der Waals surface area (Å²) in [5.41, 5.74) is 4.07. The van der Waals surface area contributed by atoms with Crippen molar-refractivity contribution in [3.8, 4) is 11.3 Å². The van der Waals surface area contributed by atoms with Crippen molar-refractivity contribution in [1.29, 1.82) is 0 Å². The second-order valence-corrected chi connectivity index (χ2v) is 5.90. The van der Waals surface area contributed by atoms with Crippen molar-refractivity contribution >= 4 is 27.9 Å². The molecule has 2 aromatic carbocycles. The molecule has 0 spiro atoms. The fraction of sp³-hybridized carbons (Fsp3) is 0.0588. The van der Waals surface area contributed by atoms with Crippen LogP contribution in [0, 0.1) is 10.1 Å². The number of carbonyl (C=O) groups excluding carboxylic acids is 1. The molecule has 0 atom stereocenters. The fourth-order valence-corrected chi connectivity index (χ4v) is 2.95. The third kappa shape index (κ3) is 3.64. The molecule has 120 valence electrons. The van der Waals surface area contributed by atoms with Crippen molar-refractivity contribution in [3.63, 3.8) is 0 Å². The van der Waals surface area contributed by atoms with Gasteiger partial charge >= 0.3 is 0 Å². The van der Waals surface area contributed by atoms with E-state index in [2.05, 4.69) is 10.3 Å². The van der Waals surface area contributed by atoms with Gasteiger partial charge in [0.25, 0.3) is 5.69 Å². The molecule has 7 heteroatoms. The molecule has 0 aliphatic rings. The number of hydrogen-bond donors (Lipinski definition) is 1. The Morgan fingerprint density at radius 2 is 1.83 bits per heavy atom. The fourth-order valence-electron chi connectivity index (χ4n) is 2.23. The third-order valence-corrected chi connectivity index (χ3v) is 4.12. The standard InChI is InChI=1S/C17H13N3O3S/c21-15(10-12-6-8-14(9-7-12)20(22)23)19-17-16(18-11-24-17)13-4-2-1-3-5-13/h1-9,11H,10H2,(H,19,21). The van der Waals surface area contributed by atoms with Crippen LogP contribution >= 0.6 is 11.3 Å². The number of aromatic nitrogens is 1. The van der Waals surface area contributed by atoms with Gasteiger partial charge in [-0.05, 0) is 5.56 Å². The van der Waals surface area contributed by atoms with E-state index < -0.39 is 4.92 Å². The number of nitro benzene ring substituents is 1. The van der Waals surface area contributed by atoms with Crippen molar-refractivity contribution in [1.82, 2.24) is 4.98 Å². The highest BCUT2D eigenvalue weighted by Crippen LogP contribution is 2.30. The molecule has 1 N–H and O–H groups in total. The maximum atomic E-state index is 12.2. The maximum absolute atomic E-state index is 12.2. The van der Waals surface area contributed by atoms with Gasteiger partial charge in [0.05, 0.1) is 16.9 Å². The van der Waals surface area contributed by atoms with Crippen molar-refractivity contribution in [2.24, 2.45) is 0 Å². The third-order valence-electron chi connectivity index (χ3n) is 3.38. The predicted molar refractivity (Wildman–Crippen MR) is 93.0 cm³/mol. The van der Waals surface area contributed by atoms with Gasteiger partial charge in [0, 0.05) is 17.7 Å². The first-order chi connectivity index (χ1) is 11.6. The molecule has 1 aromatic heterocycles. The highest BCUT2D eigenvalue weighted by molar-refractivity contribution is 7.14. The molecule has 0 bridgehead atoms. The summed E-state index contributed by atoms with van der Waals surface area (Å²) in [5, 5.41) is 14.2. The van der Waals surface area contributed by atoms with Crippen LogP contribution in [0.15, 0.2) is 60.1 Å². The first-order valence-electron chi connectivity index (χ1n) is 7.15. The smallest absolute Gasteiger partial charge is 0.269 e. The molecule has 0 radical (unpaired) electrons. The second kappa shape index (κ2) is 7.01. The monoisotopic (exact) mass is 339 g/mol. The molecular formula is C17H13N3O3S. The van der Waals surface area contributed by atoms with Gasteiger partial charge in [0.15, 0.2) is 0 Å². The van der Waals surface area contributed by atoms with Crippen LogP contribution in [0.2, 0.25) is 0 Å². The largest absolute Gasteiger partial charge is 0.316 e. The lowest BCUT2D eigenvalue weighted by atomic mass is 10.1. The first kappa shape index (κ1) is 15.8. The van der Waals surface area contributed by atoms with Gasteiger partial charge in [-0.25, -0.2) is 4.98 Å². The predicted octanol–water partition coefficient (Wildman–Crippen LogP) is 3.90. The molecule has 0 fully saturated rings. The maximum Gasteiger partial charge on any atom is 0.269 e. The van der Waals surface area contributed by atoms with E-state index in [9.17, 15) is 14.9 Å². The lowest BCUT2D eigenvalue weighted by molar-refractivity contribution is -0.384. The highest BCUT2D eigenvalue weighted by atomic mass is 32.1. The number of nitrogens with one attached hydrogen (secondary N) is 1. The molecule has 1 heterocycles. The number of non-ortho nitro benzene ring substituents is 1. The number of carbonyl (C=O) groups is 1. The van der Waals surface area contributed by atoms with Gasteiger partial charge in [-0.15, -0.1) is 11.3 Å². The Morgan fingerprint density at radius 1 is 1.12 bits per heavy atom. The molecule has 0 saturated carbocycles. The molecule has 1 amide bonds. The lowest BCUT2D eigenvalue weighted by Crippen LogP contribution is -2.14. The van der Waals surface area contributed by atoms with Gasteiger partial charge in [0.1, 0.15) is 10.7 Å². The van der Waals surface area contributed by atoms with Crippen LogP contribution in [-0.4, -0.2) is 15.8 Å². The Hall–Kier alpha value is -3.06. The Labute approximate surface area is 141 Å². The summed E-state index contributed by atoms with van der Waals surface area (Å²) in [6, 6.07) is 15.6. The number of rotatable bonds is 5. The topological polar surface area (TPSA) is 85.1 Å². The van der Waals surface area contributed by atoms with Gasteiger partial charge < -0.3 is 5.32 Å². The van der Waals surface area contributed by atoms with E-state index in [-0.39, 0.29) is 18.0 Å². The minimum Gasteiger partial charge on any atom is -0.316 e. The molecule has 0 aliphatic heterocycles. The summed E-state index contributed by atoms with van der Waals surface area (Å²) >= 11 is 1.36. The molecule has 6 nitrogen and oxygen atoms in total. The summed E-state index contributed by atoms with van der Waals surface area (Å²) in [6.07, 6.45) is 0.143. The Balaban J connectivity index is 1.70. The molecule has 0 saturated heterocycles. The van der Waals surface area contributed by atoms with Crippen molar-refractivity contribution in [3.05, 3.63) is 75.8 Å². The van der Waals surface area contributed by atoms with E-state index in [0.717, 1.165) is 11.3 Å². The van der Waals surface area contributed by atoms with Gasteiger partial charge in [0.2, 0.25) is 5.91 Å². The highest BCUT2D eigenvalue weighted by Gasteiger charge is 2.12. The number of anilines is 1. The Bertz CT molecular complexity index is 860. The van der Waals surface area contributed by atoms with E-state index in [1.165, 1.54) is 23.5 Å².